The molecule has 4 aliphatic heterocycles. The fourth-order valence-electron chi connectivity index (χ4n) is 4.80. The number of carbonyl (C=O) groups is 1. The zero-order valence-electron chi connectivity index (χ0n) is 16.8. The van der Waals surface area contributed by atoms with Crippen LogP contribution in [0.15, 0.2) is 30.5 Å². The number of hydrogen-bond acceptors (Lipinski definition) is 6. The van der Waals surface area contributed by atoms with Crippen LogP contribution in [0.5, 0.6) is 11.5 Å². The summed E-state index contributed by atoms with van der Waals surface area (Å²) in [6.45, 7) is 5.54. The van der Waals surface area contributed by atoms with Gasteiger partial charge in [0.1, 0.15) is 29.2 Å². The molecule has 1 aromatic carbocycles. The van der Waals surface area contributed by atoms with Gasteiger partial charge in [0.15, 0.2) is 0 Å². The molecule has 3 fully saturated rings. The number of allylic oxidation sites excluding steroid dienone is 1. The first kappa shape index (κ1) is 18.3. The largest absolute Gasteiger partial charge is 0.465 e. The standard InChI is InChI=1S/C22H24N2O5/c1-20(2,3)28-19(25)24-15-7-9-18(24)22(21(12-15,13-23)29-22)27-16-8-6-14-5-4-10-26-17(14)11-16/h4,6,8,10-11,15,18H,5,7,9,12H2,1-3H3. The van der Waals surface area contributed by atoms with Gasteiger partial charge in [0.25, 0.3) is 5.79 Å². The minimum absolute atomic E-state index is 0.0780. The molecule has 29 heavy (non-hydrogen) atoms. The zero-order valence-corrected chi connectivity index (χ0v) is 16.8. The monoisotopic (exact) mass is 396 g/mol. The van der Waals surface area contributed by atoms with E-state index in [0.717, 1.165) is 24.2 Å². The number of nitrogens with zero attached hydrogens (tertiary/aromatic N) is 2. The number of benzene rings is 1. The lowest BCUT2D eigenvalue weighted by molar-refractivity contribution is -0.0425. The first-order valence-electron chi connectivity index (χ1n) is 10.0. The molecule has 1 amide bonds. The van der Waals surface area contributed by atoms with E-state index in [2.05, 4.69) is 6.07 Å². The topological polar surface area (TPSA) is 84.3 Å². The highest BCUT2D eigenvalue weighted by Crippen LogP contribution is 2.62. The lowest BCUT2D eigenvalue weighted by Crippen LogP contribution is -2.59. The first-order chi connectivity index (χ1) is 13.8. The number of piperidine rings is 1. The van der Waals surface area contributed by atoms with Gasteiger partial charge in [0.2, 0.25) is 5.60 Å². The molecule has 0 spiro atoms. The number of fused-ring (bicyclic) bond motifs is 5. The van der Waals surface area contributed by atoms with Crippen LogP contribution in [-0.2, 0) is 15.9 Å². The minimum Gasteiger partial charge on any atom is -0.465 e. The lowest BCUT2D eigenvalue weighted by atomic mass is 9.89. The average Bonchev–Trinajstić information content (AvgIpc) is 3.15. The smallest absolute Gasteiger partial charge is 0.411 e. The third-order valence-electron chi connectivity index (χ3n) is 6.03. The summed E-state index contributed by atoms with van der Waals surface area (Å²) in [5, 5.41) is 9.88. The van der Waals surface area contributed by atoms with Crippen molar-refractivity contribution in [3.63, 3.8) is 0 Å². The predicted octanol–water partition coefficient (Wildman–Crippen LogP) is 3.67. The van der Waals surface area contributed by atoms with Gasteiger partial charge in [-0.05, 0) is 57.7 Å². The Morgan fingerprint density at radius 3 is 2.93 bits per heavy atom. The number of hydrogen-bond donors (Lipinski definition) is 0. The van der Waals surface area contributed by atoms with Gasteiger partial charge in [-0.1, -0.05) is 6.07 Å². The van der Waals surface area contributed by atoms with Gasteiger partial charge in [-0.25, -0.2) is 4.79 Å². The van der Waals surface area contributed by atoms with E-state index in [0.29, 0.717) is 18.6 Å². The van der Waals surface area contributed by atoms with E-state index in [1.54, 1.807) is 11.2 Å². The van der Waals surface area contributed by atoms with E-state index >= 15 is 0 Å². The number of nitriles is 1. The Morgan fingerprint density at radius 1 is 1.34 bits per heavy atom. The predicted molar refractivity (Wildman–Crippen MR) is 102 cm³/mol. The van der Waals surface area contributed by atoms with Gasteiger partial charge in [0.05, 0.1) is 6.26 Å². The highest BCUT2D eigenvalue weighted by atomic mass is 16.8. The molecule has 152 valence electrons. The van der Waals surface area contributed by atoms with Crippen LogP contribution in [0, 0.1) is 11.3 Å². The van der Waals surface area contributed by atoms with Crippen LogP contribution in [0.25, 0.3) is 0 Å². The van der Waals surface area contributed by atoms with E-state index in [4.69, 9.17) is 18.9 Å². The lowest BCUT2D eigenvalue weighted by Gasteiger charge is -2.39. The quantitative estimate of drug-likeness (QED) is 0.709. The first-order valence-corrected chi connectivity index (χ1v) is 10.0. The molecule has 0 aromatic heterocycles. The third kappa shape index (κ3) is 2.70. The second-order valence-electron chi connectivity index (χ2n) is 9.11. The van der Waals surface area contributed by atoms with E-state index in [1.165, 1.54) is 0 Å². The van der Waals surface area contributed by atoms with Crippen LogP contribution in [0.2, 0.25) is 0 Å². The van der Waals surface area contributed by atoms with Gasteiger partial charge in [0, 0.05) is 18.5 Å². The highest BCUT2D eigenvalue weighted by Gasteiger charge is 2.84. The van der Waals surface area contributed by atoms with Crippen molar-refractivity contribution in [3.8, 4) is 17.6 Å². The van der Waals surface area contributed by atoms with Crippen LogP contribution in [0.3, 0.4) is 0 Å². The van der Waals surface area contributed by atoms with E-state index < -0.39 is 17.0 Å². The van der Waals surface area contributed by atoms with Crippen LogP contribution >= 0.6 is 0 Å². The molecular weight excluding hydrogens is 372 g/mol. The molecule has 2 bridgehead atoms. The van der Waals surface area contributed by atoms with Gasteiger partial charge in [-0.2, -0.15) is 5.26 Å². The Hall–Kier alpha value is -2.72. The van der Waals surface area contributed by atoms with Crippen molar-refractivity contribution in [2.24, 2.45) is 0 Å². The van der Waals surface area contributed by atoms with Gasteiger partial charge in [-0.15, -0.1) is 0 Å². The van der Waals surface area contributed by atoms with Crippen molar-refractivity contribution in [2.45, 2.75) is 75.5 Å². The summed E-state index contributed by atoms with van der Waals surface area (Å²) in [5.74, 6) is 0.115. The maximum absolute atomic E-state index is 12.9. The fourth-order valence-corrected chi connectivity index (χ4v) is 4.80. The van der Waals surface area contributed by atoms with Crippen LogP contribution < -0.4 is 9.47 Å². The SMILES string of the molecule is CC(C)(C)OC(=O)N1C2CCC1C1(Oc3ccc4c(c3)OC=CC4)OC1(C#N)C2. The van der Waals surface area contributed by atoms with Crippen molar-refractivity contribution >= 4 is 6.09 Å². The molecule has 7 nitrogen and oxygen atoms in total. The highest BCUT2D eigenvalue weighted by molar-refractivity contribution is 5.71. The summed E-state index contributed by atoms with van der Waals surface area (Å²) in [7, 11) is 0. The second kappa shape index (κ2) is 5.90. The number of carbonyl (C=O) groups excluding carboxylic acids is 1. The van der Waals surface area contributed by atoms with Gasteiger partial charge < -0.3 is 18.9 Å². The van der Waals surface area contributed by atoms with Crippen molar-refractivity contribution < 1.29 is 23.7 Å². The Kier molecular flexibility index (Phi) is 3.72. The molecule has 3 saturated heterocycles. The normalized spacial score (nSPS) is 33.8. The Labute approximate surface area is 169 Å². The molecule has 4 aliphatic rings. The maximum Gasteiger partial charge on any atom is 0.411 e. The summed E-state index contributed by atoms with van der Waals surface area (Å²) in [4.78, 5) is 14.6. The Balaban J connectivity index is 1.45. The Bertz CT molecular complexity index is 946. The molecule has 0 N–H and O–H groups in total. The number of epoxide rings is 1. The van der Waals surface area contributed by atoms with Crippen LogP contribution in [0.4, 0.5) is 4.79 Å². The summed E-state index contributed by atoms with van der Waals surface area (Å²) < 4.78 is 23.5. The second-order valence-corrected chi connectivity index (χ2v) is 9.11. The summed E-state index contributed by atoms with van der Waals surface area (Å²) >= 11 is 0. The van der Waals surface area contributed by atoms with Crippen molar-refractivity contribution in [3.05, 3.63) is 36.1 Å². The number of rotatable bonds is 2. The van der Waals surface area contributed by atoms with E-state index in [-0.39, 0.29) is 18.2 Å². The molecule has 0 aliphatic carbocycles. The molecule has 4 unspecified atom stereocenters. The number of ether oxygens (including phenoxy) is 4. The van der Waals surface area contributed by atoms with Crippen molar-refractivity contribution in [1.29, 1.82) is 5.26 Å². The average molecular weight is 396 g/mol. The van der Waals surface area contributed by atoms with E-state index in [1.807, 2.05) is 45.0 Å². The summed E-state index contributed by atoms with van der Waals surface area (Å²) in [6, 6.07) is 7.50. The van der Waals surface area contributed by atoms with Gasteiger partial charge >= 0.3 is 6.09 Å². The van der Waals surface area contributed by atoms with Crippen molar-refractivity contribution in [2.75, 3.05) is 0 Å². The van der Waals surface area contributed by atoms with E-state index in [9.17, 15) is 10.1 Å². The van der Waals surface area contributed by atoms with Gasteiger partial charge in [-0.3, -0.25) is 4.90 Å². The molecule has 1 aromatic rings. The minimum atomic E-state index is -1.18. The number of amides is 1. The fraction of sp³-hybridized carbons (Fsp3) is 0.545. The zero-order chi connectivity index (χ0) is 20.4. The molecular formula is C22H24N2O5. The molecule has 5 rings (SSSR count). The molecule has 0 radical (unpaired) electrons. The Morgan fingerprint density at radius 2 is 2.17 bits per heavy atom. The molecule has 4 atom stereocenters. The molecule has 0 saturated carbocycles. The van der Waals surface area contributed by atoms with Crippen LogP contribution in [0.1, 0.15) is 45.6 Å². The third-order valence-corrected chi connectivity index (χ3v) is 6.03. The summed E-state index contributed by atoms with van der Waals surface area (Å²) in [5.41, 5.74) is -0.559. The maximum atomic E-state index is 12.9. The van der Waals surface area contributed by atoms with Crippen LogP contribution in [-0.4, -0.2) is 40.1 Å². The van der Waals surface area contributed by atoms with Crippen molar-refractivity contribution in [1.82, 2.24) is 4.90 Å². The summed E-state index contributed by atoms with van der Waals surface area (Å²) in [6.07, 6.45) is 5.96. The molecule has 7 heteroatoms. The molecule has 4 heterocycles.